The van der Waals surface area contributed by atoms with Crippen molar-refractivity contribution in [1.82, 2.24) is 14.9 Å². The first-order valence-electron chi connectivity index (χ1n) is 13.2. The van der Waals surface area contributed by atoms with E-state index in [2.05, 4.69) is 63.9 Å². The van der Waals surface area contributed by atoms with Crippen LogP contribution in [0, 0.1) is 13.8 Å². The highest BCUT2D eigenvalue weighted by molar-refractivity contribution is 7.80. The number of nitrogens with zero attached hydrogens (tertiary/aromatic N) is 4. The fourth-order valence-corrected chi connectivity index (χ4v) is 5.90. The molecule has 0 saturated carbocycles. The predicted octanol–water partition coefficient (Wildman–Crippen LogP) is 6.41. The second-order valence-electron chi connectivity index (χ2n) is 10.0. The molecule has 0 amide bonds. The highest BCUT2D eigenvalue weighted by Gasteiger charge is 2.42. The zero-order valence-corrected chi connectivity index (χ0v) is 25.0. The van der Waals surface area contributed by atoms with E-state index in [4.69, 9.17) is 38.3 Å². The van der Waals surface area contributed by atoms with Crippen LogP contribution in [-0.2, 0) is 4.74 Å². The molecule has 9 heteroatoms. The number of thiocarbonyl (C=S) groups is 1. The summed E-state index contributed by atoms with van der Waals surface area (Å²) < 4.78 is 13.2. The van der Waals surface area contributed by atoms with E-state index in [-0.39, 0.29) is 12.1 Å². The summed E-state index contributed by atoms with van der Waals surface area (Å²) in [6.07, 6.45) is 1.82. The molecular weight excluding hydrogens is 542 g/mol. The lowest BCUT2D eigenvalue weighted by Crippen LogP contribution is -2.29. The van der Waals surface area contributed by atoms with E-state index in [0.717, 1.165) is 39.7 Å². The van der Waals surface area contributed by atoms with Crippen LogP contribution >= 0.6 is 23.8 Å². The molecule has 5 rings (SSSR count). The number of rotatable bonds is 9. The summed E-state index contributed by atoms with van der Waals surface area (Å²) in [6, 6.07) is 22.3. The number of aryl methyl sites for hydroxylation is 1. The van der Waals surface area contributed by atoms with Crippen molar-refractivity contribution >= 4 is 40.3 Å². The van der Waals surface area contributed by atoms with Gasteiger partial charge in [0.25, 0.3) is 0 Å². The lowest BCUT2D eigenvalue weighted by molar-refractivity contribution is 0.146. The molecule has 1 fully saturated rings. The van der Waals surface area contributed by atoms with Gasteiger partial charge in [-0.1, -0.05) is 17.7 Å². The molecule has 3 heterocycles. The minimum absolute atomic E-state index is 0.153. The second-order valence-corrected chi connectivity index (χ2v) is 10.8. The SMILES string of the molecule is COCCOc1ccc(N2C(=S)N[C@H](c3ccccn3)[C@H]2c2cc(C)n(-c3ccc(N(C)C)cc3)c2C)cc1Cl. The quantitative estimate of drug-likeness (QED) is 0.183. The van der Waals surface area contributed by atoms with E-state index in [0.29, 0.717) is 29.1 Å². The maximum atomic E-state index is 6.68. The molecule has 4 aromatic rings. The molecule has 208 valence electrons. The number of ether oxygens (including phenoxy) is 2. The van der Waals surface area contributed by atoms with E-state index in [1.54, 1.807) is 7.11 Å². The summed E-state index contributed by atoms with van der Waals surface area (Å²) in [5.41, 5.74) is 7.51. The largest absolute Gasteiger partial charge is 0.490 e. The Kier molecular flexibility index (Phi) is 8.30. The molecule has 0 bridgehead atoms. The predicted molar refractivity (Wildman–Crippen MR) is 166 cm³/mol. The Hall–Kier alpha value is -3.59. The highest BCUT2D eigenvalue weighted by atomic mass is 35.5. The Morgan fingerprint density at radius 3 is 2.40 bits per heavy atom. The number of halogens is 1. The van der Waals surface area contributed by atoms with Gasteiger partial charge >= 0.3 is 0 Å². The maximum Gasteiger partial charge on any atom is 0.174 e. The van der Waals surface area contributed by atoms with E-state index in [9.17, 15) is 0 Å². The Morgan fingerprint density at radius 1 is 1.00 bits per heavy atom. The van der Waals surface area contributed by atoms with Crippen LogP contribution in [-0.4, -0.2) is 49.1 Å². The molecule has 1 aliphatic rings. The monoisotopic (exact) mass is 575 g/mol. The highest BCUT2D eigenvalue weighted by Crippen LogP contribution is 2.45. The van der Waals surface area contributed by atoms with E-state index < -0.39 is 0 Å². The van der Waals surface area contributed by atoms with Gasteiger partial charge in [-0.25, -0.2) is 0 Å². The summed E-state index contributed by atoms with van der Waals surface area (Å²) >= 11 is 12.6. The van der Waals surface area contributed by atoms with Gasteiger partial charge in [0, 0.05) is 55.9 Å². The van der Waals surface area contributed by atoms with E-state index >= 15 is 0 Å². The smallest absolute Gasteiger partial charge is 0.174 e. The van der Waals surface area contributed by atoms with Gasteiger partial charge in [-0.15, -0.1) is 0 Å². The second kappa shape index (κ2) is 11.9. The van der Waals surface area contributed by atoms with Crippen LogP contribution in [0.15, 0.2) is 72.9 Å². The van der Waals surface area contributed by atoms with Crippen LogP contribution in [0.4, 0.5) is 11.4 Å². The van der Waals surface area contributed by atoms with Crippen molar-refractivity contribution in [2.45, 2.75) is 25.9 Å². The summed E-state index contributed by atoms with van der Waals surface area (Å²) in [6.45, 7) is 5.21. The number of pyridine rings is 1. The number of aromatic nitrogens is 2. The van der Waals surface area contributed by atoms with Crippen LogP contribution in [0.2, 0.25) is 5.02 Å². The summed E-state index contributed by atoms with van der Waals surface area (Å²) in [4.78, 5) is 8.94. The molecule has 2 aromatic heterocycles. The molecule has 1 aliphatic heterocycles. The van der Waals surface area contributed by atoms with Gasteiger partial charge in [0.15, 0.2) is 5.11 Å². The average Bonchev–Trinajstić information content (AvgIpc) is 3.44. The summed E-state index contributed by atoms with van der Waals surface area (Å²) in [7, 11) is 5.74. The van der Waals surface area contributed by atoms with Crippen LogP contribution in [0.3, 0.4) is 0 Å². The molecule has 0 spiro atoms. The Balaban J connectivity index is 1.59. The fraction of sp³-hybridized carbons (Fsp3) is 0.290. The molecule has 1 N–H and O–H groups in total. The first-order valence-corrected chi connectivity index (χ1v) is 14.0. The lowest BCUT2D eigenvalue weighted by atomic mass is 9.96. The maximum absolute atomic E-state index is 6.68. The number of anilines is 2. The lowest BCUT2D eigenvalue weighted by Gasteiger charge is -2.28. The zero-order chi connectivity index (χ0) is 28.4. The molecular formula is C31H34ClN5O2S. The van der Waals surface area contributed by atoms with Crippen molar-refractivity contribution in [2.75, 3.05) is 44.2 Å². The zero-order valence-electron chi connectivity index (χ0n) is 23.4. The normalized spacial score (nSPS) is 16.8. The third-order valence-corrected chi connectivity index (χ3v) is 7.86. The van der Waals surface area contributed by atoms with Crippen molar-refractivity contribution in [3.05, 3.63) is 101 Å². The van der Waals surface area contributed by atoms with Crippen molar-refractivity contribution in [1.29, 1.82) is 0 Å². The van der Waals surface area contributed by atoms with Crippen LogP contribution in [0.1, 0.15) is 34.7 Å². The van der Waals surface area contributed by atoms with Crippen molar-refractivity contribution in [3.63, 3.8) is 0 Å². The van der Waals surface area contributed by atoms with E-state index in [1.807, 2.05) is 56.7 Å². The van der Waals surface area contributed by atoms with Crippen LogP contribution in [0.25, 0.3) is 5.69 Å². The molecule has 0 aliphatic carbocycles. The average molecular weight is 576 g/mol. The van der Waals surface area contributed by atoms with Gasteiger partial charge in [0.2, 0.25) is 0 Å². The minimum atomic E-state index is -0.157. The molecule has 1 saturated heterocycles. The third-order valence-electron chi connectivity index (χ3n) is 7.25. The fourth-order valence-electron chi connectivity index (χ4n) is 5.32. The van der Waals surface area contributed by atoms with Crippen molar-refractivity contribution < 1.29 is 9.47 Å². The molecule has 7 nitrogen and oxygen atoms in total. The standard InChI is InChI=1S/C31H34ClN5O2S/c1-20-18-25(21(2)36(20)23-11-9-22(10-12-23)35(3)4)30-29(27-8-6-7-15-33-27)34-31(40)37(30)24-13-14-28(26(32)19-24)39-17-16-38-5/h6-15,18-19,29-30H,16-17H2,1-5H3,(H,34,40)/t29-,30-/m1/s1. The van der Waals surface area contributed by atoms with Gasteiger partial charge in [-0.3, -0.25) is 4.98 Å². The number of nitrogens with one attached hydrogen (secondary N) is 1. The van der Waals surface area contributed by atoms with Gasteiger partial charge in [-0.2, -0.15) is 0 Å². The first-order chi connectivity index (χ1) is 19.3. The summed E-state index contributed by atoms with van der Waals surface area (Å²) in [5, 5.41) is 4.68. The van der Waals surface area contributed by atoms with E-state index in [1.165, 1.54) is 0 Å². The van der Waals surface area contributed by atoms with Crippen LogP contribution in [0.5, 0.6) is 5.75 Å². The Labute approximate surface area is 246 Å². The Bertz CT molecular complexity index is 1490. The molecule has 2 aromatic carbocycles. The Morgan fingerprint density at radius 2 is 1.75 bits per heavy atom. The number of hydrogen-bond donors (Lipinski definition) is 1. The summed E-state index contributed by atoms with van der Waals surface area (Å²) in [5.74, 6) is 0.609. The van der Waals surface area contributed by atoms with Gasteiger partial charge < -0.3 is 29.2 Å². The topological polar surface area (TPSA) is 54.8 Å². The molecule has 2 atom stereocenters. The number of hydrogen-bond acceptors (Lipinski definition) is 5. The number of benzene rings is 2. The van der Waals surface area contributed by atoms with Gasteiger partial charge in [-0.05, 0) is 92.3 Å². The van der Waals surface area contributed by atoms with Crippen molar-refractivity contribution in [3.8, 4) is 11.4 Å². The molecule has 0 unspecified atom stereocenters. The van der Waals surface area contributed by atoms with Gasteiger partial charge in [0.05, 0.1) is 29.4 Å². The first kappa shape index (κ1) is 28.0. The minimum Gasteiger partial charge on any atom is -0.490 e. The third kappa shape index (κ3) is 5.39. The van der Waals surface area contributed by atoms with Crippen LogP contribution < -0.4 is 19.9 Å². The number of methoxy groups -OCH3 is 1. The molecule has 40 heavy (non-hydrogen) atoms. The van der Waals surface area contributed by atoms with Gasteiger partial charge in [0.1, 0.15) is 12.4 Å². The molecule has 0 radical (unpaired) electrons. The van der Waals surface area contributed by atoms with Crippen molar-refractivity contribution in [2.24, 2.45) is 0 Å².